The van der Waals surface area contributed by atoms with E-state index in [1.165, 1.54) is 0 Å². The van der Waals surface area contributed by atoms with Gasteiger partial charge in [-0.05, 0) is 12.8 Å². The molecule has 1 aliphatic carbocycles. The molecule has 0 aromatic heterocycles. The Bertz CT molecular complexity index is 392. The van der Waals surface area contributed by atoms with Gasteiger partial charge in [-0.1, -0.05) is 12.8 Å². The van der Waals surface area contributed by atoms with Gasteiger partial charge in [0, 0.05) is 0 Å². The van der Waals surface area contributed by atoms with Gasteiger partial charge in [-0.25, -0.2) is 0 Å². The normalized spacial score (nSPS) is 22.6. The van der Waals surface area contributed by atoms with Crippen LogP contribution in [-0.2, 0) is 9.59 Å². The summed E-state index contributed by atoms with van der Waals surface area (Å²) in [6, 6.07) is 3.65. The molecule has 0 spiro atoms. The Labute approximate surface area is 105 Å². The average molecular weight is 249 g/mol. The lowest BCUT2D eigenvalue weighted by atomic mass is 9.78. The van der Waals surface area contributed by atoms with Crippen LogP contribution in [0.25, 0.3) is 0 Å². The predicted molar refractivity (Wildman–Crippen MR) is 60.9 cm³/mol. The van der Waals surface area contributed by atoms with E-state index >= 15 is 0 Å². The van der Waals surface area contributed by atoms with Crippen molar-refractivity contribution < 1.29 is 14.7 Å². The van der Waals surface area contributed by atoms with Gasteiger partial charge in [-0.15, -0.1) is 0 Å². The summed E-state index contributed by atoms with van der Waals surface area (Å²) in [5.41, 5.74) is 0. The fourth-order valence-corrected chi connectivity index (χ4v) is 2.34. The highest BCUT2D eigenvalue weighted by atomic mass is 16.4. The summed E-state index contributed by atoms with van der Waals surface area (Å²) in [4.78, 5) is 24.4. The number of carbonyl (C=O) groups excluding carboxylic acids is 1. The summed E-state index contributed by atoms with van der Waals surface area (Å²) >= 11 is 0. The van der Waals surface area contributed by atoms with E-state index in [0.29, 0.717) is 12.8 Å². The van der Waals surface area contributed by atoms with E-state index < -0.39 is 17.8 Å². The number of rotatable bonds is 4. The van der Waals surface area contributed by atoms with E-state index in [1.807, 2.05) is 12.1 Å². The molecule has 0 radical (unpaired) electrons. The number of carboxylic acid groups (broad SMARTS) is 1. The number of hydrogen-bond acceptors (Lipinski definition) is 4. The summed E-state index contributed by atoms with van der Waals surface area (Å²) in [6.07, 6.45) is 2.62. The second-order valence-electron chi connectivity index (χ2n) is 4.35. The summed E-state index contributed by atoms with van der Waals surface area (Å²) in [6.45, 7) is -0.343. The van der Waals surface area contributed by atoms with Crippen molar-refractivity contribution in [2.45, 2.75) is 25.7 Å². The van der Waals surface area contributed by atoms with Crippen molar-refractivity contribution in [3.8, 4) is 12.1 Å². The number of hydrogen-bond donors (Lipinski definition) is 1. The van der Waals surface area contributed by atoms with Crippen LogP contribution in [0.4, 0.5) is 0 Å². The van der Waals surface area contributed by atoms with Gasteiger partial charge in [-0.2, -0.15) is 10.5 Å². The third-order valence-corrected chi connectivity index (χ3v) is 3.24. The van der Waals surface area contributed by atoms with Crippen LogP contribution in [0.15, 0.2) is 0 Å². The van der Waals surface area contributed by atoms with E-state index in [1.54, 1.807) is 0 Å². The fraction of sp³-hybridized carbons (Fsp3) is 0.667. The van der Waals surface area contributed by atoms with Gasteiger partial charge >= 0.3 is 5.97 Å². The van der Waals surface area contributed by atoms with E-state index in [0.717, 1.165) is 17.7 Å². The molecule has 1 amide bonds. The lowest BCUT2D eigenvalue weighted by Crippen LogP contribution is -2.42. The smallest absolute Gasteiger partial charge is 0.307 e. The molecule has 1 fully saturated rings. The van der Waals surface area contributed by atoms with Crippen LogP contribution < -0.4 is 0 Å². The molecular formula is C12H15N3O3. The highest BCUT2D eigenvalue weighted by Crippen LogP contribution is 2.31. The maximum absolute atomic E-state index is 12.2. The Morgan fingerprint density at radius 2 is 1.61 bits per heavy atom. The largest absolute Gasteiger partial charge is 0.481 e. The molecule has 0 bridgehead atoms. The van der Waals surface area contributed by atoms with Crippen molar-refractivity contribution in [1.82, 2.24) is 4.90 Å². The molecule has 6 nitrogen and oxygen atoms in total. The summed E-state index contributed by atoms with van der Waals surface area (Å²) in [7, 11) is 0. The first-order chi connectivity index (χ1) is 8.61. The zero-order valence-corrected chi connectivity index (χ0v) is 10.0. The maximum atomic E-state index is 12.2. The molecule has 1 saturated carbocycles. The second-order valence-corrected chi connectivity index (χ2v) is 4.35. The molecule has 1 N–H and O–H groups in total. The monoisotopic (exact) mass is 249 g/mol. The Morgan fingerprint density at radius 1 is 1.11 bits per heavy atom. The highest BCUT2D eigenvalue weighted by molar-refractivity contribution is 5.85. The van der Waals surface area contributed by atoms with E-state index in [2.05, 4.69) is 0 Å². The molecule has 0 saturated heterocycles. The quantitative estimate of drug-likeness (QED) is 0.740. The average Bonchev–Trinajstić information content (AvgIpc) is 2.37. The number of carboxylic acids is 1. The third-order valence-electron chi connectivity index (χ3n) is 3.24. The van der Waals surface area contributed by atoms with Gasteiger partial charge in [0.15, 0.2) is 0 Å². The predicted octanol–water partition coefficient (Wildman–Crippen LogP) is 0.753. The zero-order valence-electron chi connectivity index (χ0n) is 10.0. The Morgan fingerprint density at radius 3 is 2.06 bits per heavy atom. The van der Waals surface area contributed by atoms with Crippen molar-refractivity contribution in [2.24, 2.45) is 11.8 Å². The summed E-state index contributed by atoms with van der Waals surface area (Å²) < 4.78 is 0. The first kappa shape index (κ1) is 14.0. The van der Waals surface area contributed by atoms with Crippen LogP contribution in [0.1, 0.15) is 25.7 Å². The first-order valence-electron chi connectivity index (χ1n) is 5.87. The van der Waals surface area contributed by atoms with Crippen LogP contribution >= 0.6 is 0 Å². The molecule has 1 rings (SSSR count). The van der Waals surface area contributed by atoms with Gasteiger partial charge in [0.05, 0.1) is 24.0 Å². The lowest BCUT2D eigenvalue weighted by molar-refractivity contribution is -0.151. The standard InChI is InChI=1S/C12H15N3O3/c13-5-7-15(8-6-14)11(16)9-3-1-2-4-10(9)12(17)18/h9-10H,1-4,7-8H2,(H,17,18)/t9-,10+/m1/s1. The van der Waals surface area contributed by atoms with Crippen LogP contribution in [0.5, 0.6) is 0 Å². The lowest BCUT2D eigenvalue weighted by Gasteiger charge is -2.30. The maximum Gasteiger partial charge on any atom is 0.307 e. The van der Waals surface area contributed by atoms with Gasteiger partial charge in [0.25, 0.3) is 0 Å². The fourth-order valence-electron chi connectivity index (χ4n) is 2.34. The minimum atomic E-state index is -0.970. The van der Waals surface area contributed by atoms with Crippen molar-refractivity contribution in [1.29, 1.82) is 10.5 Å². The van der Waals surface area contributed by atoms with Gasteiger partial charge in [0.1, 0.15) is 13.1 Å². The molecule has 96 valence electrons. The molecule has 1 aliphatic rings. The second kappa shape index (κ2) is 6.61. The van der Waals surface area contributed by atoms with Crippen LogP contribution in [0, 0.1) is 34.5 Å². The summed E-state index contributed by atoms with van der Waals surface area (Å²) in [5.74, 6) is -2.64. The number of aliphatic carboxylic acids is 1. The minimum Gasteiger partial charge on any atom is -0.481 e. The molecule has 2 atom stereocenters. The van der Waals surface area contributed by atoms with Crippen molar-refractivity contribution >= 4 is 11.9 Å². The van der Waals surface area contributed by atoms with Gasteiger partial charge in [0.2, 0.25) is 5.91 Å². The summed E-state index contributed by atoms with van der Waals surface area (Å²) in [5, 5.41) is 26.3. The molecule has 6 heteroatoms. The number of nitriles is 2. The number of amides is 1. The molecule has 0 unspecified atom stereocenters. The Balaban J connectivity index is 2.81. The third kappa shape index (κ3) is 3.21. The van der Waals surface area contributed by atoms with Crippen LogP contribution in [-0.4, -0.2) is 35.0 Å². The molecule has 0 aliphatic heterocycles. The Hall–Kier alpha value is -2.08. The van der Waals surface area contributed by atoms with E-state index in [9.17, 15) is 9.59 Å². The van der Waals surface area contributed by atoms with Crippen molar-refractivity contribution in [2.75, 3.05) is 13.1 Å². The van der Waals surface area contributed by atoms with Crippen LogP contribution in [0.2, 0.25) is 0 Å². The zero-order chi connectivity index (χ0) is 13.5. The number of nitrogens with zero attached hydrogens (tertiary/aromatic N) is 3. The topological polar surface area (TPSA) is 105 Å². The number of carbonyl (C=O) groups is 2. The van der Waals surface area contributed by atoms with Crippen molar-refractivity contribution in [3.63, 3.8) is 0 Å². The SMILES string of the molecule is N#CCN(CC#N)C(=O)[C@@H]1CCCC[C@@H]1C(=O)O. The minimum absolute atomic E-state index is 0.171. The van der Waals surface area contributed by atoms with E-state index in [4.69, 9.17) is 15.6 Å². The van der Waals surface area contributed by atoms with Crippen molar-refractivity contribution in [3.05, 3.63) is 0 Å². The molecule has 0 aromatic rings. The molecule has 18 heavy (non-hydrogen) atoms. The molecule has 0 aromatic carbocycles. The highest BCUT2D eigenvalue weighted by Gasteiger charge is 2.37. The van der Waals surface area contributed by atoms with Gasteiger partial charge < -0.3 is 10.0 Å². The first-order valence-corrected chi connectivity index (χ1v) is 5.87. The van der Waals surface area contributed by atoms with Crippen LogP contribution in [0.3, 0.4) is 0 Å². The molecular weight excluding hydrogens is 234 g/mol. The Kier molecular flexibility index (Phi) is 5.13. The van der Waals surface area contributed by atoms with Gasteiger partial charge in [-0.3, -0.25) is 9.59 Å². The van der Waals surface area contributed by atoms with E-state index in [-0.39, 0.29) is 19.0 Å². The molecule has 0 heterocycles.